The number of carbonyl (C=O) groups excluding carboxylic acids is 1. The largest absolute Gasteiger partial charge is 0.349 e. The fourth-order valence-corrected chi connectivity index (χ4v) is 1.97. The van der Waals surface area contributed by atoms with Crippen LogP contribution in [0.1, 0.15) is 37.8 Å². The zero-order valence-corrected chi connectivity index (χ0v) is 10.1. The summed E-state index contributed by atoms with van der Waals surface area (Å²) in [4.78, 5) is 11.5. The first kappa shape index (κ1) is 11.5. The van der Waals surface area contributed by atoms with Gasteiger partial charge in [0.1, 0.15) is 0 Å². The van der Waals surface area contributed by atoms with Gasteiger partial charge in [0.15, 0.2) is 0 Å². The fraction of sp³-hybridized carbons (Fsp3) is 0.462. The monoisotopic (exact) mass is 237 g/mol. The van der Waals surface area contributed by atoms with Crippen LogP contribution < -0.4 is 5.32 Å². The lowest BCUT2D eigenvalue weighted by Gasteiger charge is -2.18. The van der Waals surface area contributed by atoms with Crippen molar-refractivity contribution in [1.29, 1.82) is 0 Å². The second kappa shape index (κ2) is 4.88. The highest BCUT2D eigenvalue weighted by molar-refractivity contribution is 6.30. The van der Waals surface area contributed by atoms with Crippen LogP contribution in [0.25, 0.3) is 0 Å². The van der Waals surface area contributed by atoms with Crippen molar-refractivity contribution in [3.63, 3.8) is 0 Å². The number of rotatable bonds is 4. The van der Waals surface area contributed by atoms with Gasteiger partial charge in [-0.05, 0) is 36.5 Å². The van der Waals surface area contributed by atoms with Crippen LogP contribution in [-0.2, 0) is 4.79 Å². The second-order valence-corrected chi connectivity index (χ2v) is 4.72. The van der Waals surface area contributed by atoms with Crippen molar-refractivity contribution >= 4 is 17.5 Å². The Balaban J connectivity index is 2.12. The minimum Gasteiger partial charge on any atom is -0.349 e. The standard InChI is InChI=1S/C13H16ClNO/c1-2-12(16)15-13(9-3-4-9)10-5-7-11(14)8-6-10/h5-9,13H,2-4H2,1H3,(H,15,16). The van der Waals surface area contributed by atoms with Gasteiger partial charge in [0.2, 0.25) is 5.91 Å². The number of benzene rings is 1. The van der Waals surface area contributed by atoms with Crippen molar-refractivity contribution in [3.05, 3.63) is 34.9 Å². The van der Waals surface area contributed by atoms with E-state index in [0.29, 0.717) is 12.3 Å². The Bertz CT molecular complexity index is 370. The lowest BCUT2D eigenvalue weighted by molar-refractivity contribution is -0.121. The normalized spacial score (nSPS) is 16.9. The molecule has 0 heterocycles. The molecule has 1 amide bonds. The molecule has 1 fully saturated rings. The van der Waals surface area contributed by atoms with Crippen LogP contribution in [0.3, 0.4) is 0 Å². The number of carbonyl (C=O) groups is 1. The number of hydrogen-bond donors (Lipinski definition) is 1. The second-order valence-electron chi connectivity index (χ2n) is 4.29. The maximum atomic E-state index is 11.5. The Kier molecular flexibility index (Phi) is 3.49. The van der Waals surface area contributed by atoms with E-state index in [0.717, 1.165) is 10.6 Å². The van der Waals surface area contributed by atoms with E-state index < -0.39 is 0 Å². The molecule has 1 aromatic carbocycles. The van der Waals surface area contributed by atoms with E-state index in [9.17, 15) is 4.79 Å². The summed E-state index contributed by atoms with van der Waals surface area (Å²) < 4.78 is 0. The number of halogens is 1. The first-order valence-electron chi connectivity index (χ1n) is 5.75. The van der Waals surface area contributed by atoms with Crippen molar-refractivity contribution < 1.29 is 4.79 Å². The Morgan fingerprint density at radius 1 is 1.44 bits per heavy atom. The first-order chi connectivity index (χ1) is 7.70. The van der Waals surface area contributed by atoms with Gasteiger partial charge in [0.25, 0.3) is 0 Å². The lowest BCUT2D eigenvalue weighted by Crippen LogP contribution is -2.29. The molecule has 2 nitrogen and oxygen atoms in total. The van der Waals surface area contributed by atoms with E-state index in [1.807, 2.05) is 31.2 Å². The minimum absolute atomic E-state index is 0.117. The van der Waals surface area contributed by atoms with Gasteiger partial charge >= 0.3 is 0 Å². The van der Waals surface area contributed by atoms with E-state index in [1.165, 1.54) is 12.8 Å². The highest BCUT2D eigenvalue weighted by atomic mass is 35.5. The van der Waals surface area contributed by atoms with Gasteiger partial charge in [-0.3, -0.25) is 4.79 Å². The molecule has 0 aliphatic heterocycles. The van der Waals surface area contributed by atoms with Crippen molar-refractivity contribution in [1.82, 2.24) is 5.32 Å². The van der Waals surface area contributed by atoms with Crippen LogP contribution in [0.4, 0.5) is 0 Å². The molecule has 0 spiro atoms. The molecule has 1 unspecified atom stereocenters. The van der Waals surface area contributed by atoms with Crippen molar-refractivity contribution in [2.24, 2.45) is 5.92 Å². The van der Waals surface area contributed by atoms with Gasteiger partial charge in [-0.1, -0.05) is 30.7 Å². The molecule has 86 valence electrons. The molecule has 2 rings (SSSR count). The van der Waals surface area contributed by atoms with E-state index in [-0.39, 0.29) is 11.9 Å². The molecule has 1 atom stereocenters. The number of nitrogens with one attached hydrogen (secondary N) is 1. The predicted octanol–water partition coefficient (Wildman–Crippen LogP) is 3.32. The molecule has 1 saturated carbocycles. The summed E-state index contributed by atoms with van der Waals surface area (Å²) in [5, 5.41) is 3.82. The SMILES string of the molecule is CCC(=O)NC(c1ccc(Cl)cc1)C1CC1. The minimum atomic E-state index is 0.117. The van der Waals surface area contributed by atoms with Crippen LogP contribution >= 0.6 is 11.6 Å². The van der Waals surface area contributed by atoms with Crippen molar-refractivity contribution in [3.8, 4) is 0 Å². The van der Waals surface area contributed by atoms with Gasteiger partial charge in [-0.2, -0.15) is 0 Å². The van der Waals surface area contributed by atoms with Gasteiger partial charge < -0.3 is 5.32 Å². The van der Waals surface area contributed by atoms with Gasteiger partial charge in [0, 0.05) is 11.4 Å². The summed E-state index contributed by atoms with van der Waals surface area (Å²) in [6, 6.07) is 7.93. The zero-order chi connectivity index (χ0) is 11.5. The van der Waals surface area contributed by atoms with Crippen LogP contribution in [0.2, 0.25) is 5.02 Å². The third kappa shape index (κ3) is 2.76. The quantitative estimate of drug-likeness (QED) is 0.855. The smallest absolute Gasteiger partial charge is 0.220 e. The van der Waals surface area contributed by atoms with Gasteiger partial charge in [-0.25, -0.2) is 0 Å². The molecule has 1 aliphatic rings. The maximum absolute atomic E-state index is 11.5. The molecule has 16 heavy (non-hydrogen) atoms. The third-order valence-corrected chi connectivity index (χ3v) is 3.21. The van der Waals surface area contributed by atoms with Crippen LogP contribution in [0.5, 0.6) is 0 Å². The molecular weight excluding hydrogens is 222 g/mol. The Hall–Kier alpha value is -1.02. The molecular formula is C13H16ClNO. The summed E-state index contributed by atoms with van der Waals surface area (Å²) in [6.07, 6.45) is 2.95. The summed E-state index contributed by atoms with van der Waals surface area (Å²) in [6.45, 7) is 1.88. The molecule has 1 aliphatic carbocycles. The average Bonchev–Trinajstić information content (AvgIpc) is 3.11. The van der Waals surface area contributed by atoms with Crippen molar-refractivity contribution in [2.45, 2.75) is 32.2 Å². The maximum Gasteiger partial charge on any atom is 0.220 e. The van der Waals surface area contributed by atoms with E-state index in [4.69, 9.17) is 11.6 Å². The van der Waals surface area contributed by atoms with E-state index in [1.54, 1.807) is 0 Å². The summed E-state index contributed by atoms with van der Waals surface area (Å²) in [5.74, 6) is 0.725. The molecule has 1 N–H and O–H groups in total. The Labute approximate surface area is 101 Å². The molecule has 1 aromatic rings. The van der Waals surface area contributed by atoms with Crippen LogP contribution in [0.15, 0.2) is 24.3 Å². The van der Waals surface area contributed by atoms with Gasteiger partial charge in [0.05, 0.1) is 6.04 Å². The average molecular weight is 238 g/mol. The first-order valence-corrected chi connectivity index (χ1v) is 6.13. The molecule has 3 heteroatoms. The molecule has 0 aromatic heterocycles. The highest BCUT2D eigenvalue weighted by Crippen LogP contribution is 2.41. The molecule has 0 saturated heterocycles. The Morgan fingerprint density at radius 2 is 2.06 bits per heavy atom. The van der Waals surface area contributed by atoms with Crippen LogP contribution in [-0.4, -0.2) is 5.91 Å². The lowest BCUT2D eigenvalue weighted by atomic mass is 10.0. The highest BCUT2D eigenvalue weighted by Gasteiger charge is 2.32. The molecule has 0 bridgehead atoms. The van der Waals surface area contributed by atoms with Crippen LogP contribution in [0, 0.1) is 5.92 Å². The van der Waals surface area contributed by atoms with E-state index >= 15 is 0 Å². The van der Waals surface area contributed by atoms with E-state index in [2.05, 4.69) is 5.32 Å². The zero-order valence-electron chi connectivity index (χ0n) is 9.37. The third-order valence-electron chi connectivity index (χ3n) is 2.96. The summed E-state index contributed by atoms with van der Waals surface area (Å²) in [7, 11) is 0. The number of amides is 1. The fourth-order valence-electron chi connectivity index (χ4n) is 1.85. The van der Waals surface area contributed by atoms with Crippen molar-refractivity contribution in [2.75, 3.05) is 0 Å². The predicted molar refractivity (Wildman–Crippen MR) is 65.4 cm³/mol. The Morgan fingerprint density at radius 3 is 2.56 bits per heavy atom. The molecule has 0 radical (unpaired) electrons. The summed E-state index contributed by atoms with van der Waals surface area (Å²) >= 11 is 5.86. The summed E-state index contributed by atoms with van der Waals surface area (Å²) in [5.41, 5.74) is 1.16. The number of hydrogen-bond acceptors (Lipinski definition) is 1. The topological polar surface area (TPSA) is 29.1 Å². The van der Waals surface area contributed by atoms with Gasteiger partial charge in [-0.15, -0.1) is 0 Å².